The van der Waals surface area contributed by atoms with Gasteiger partial charge in [-0.25, -0.2) is 0 Å². The van der Waals surface area contributed by atoms with Crippen LogP contribution in [0.4, 0.5) is 0 Å². The molecule has 3 N–H and O–H groups in total. The standard InChI is InChI=1S/C21H22OP.H2O2/c1-2-21(22)23(18-12-6-3-7-13-18,19-14-8-4-9-15-19)20-16-10-5-11-17-20;1-2/h3-17,21-22H,2H2,1H3;1-2H/q+1;. The molecule has 0 aliphatic rings. The fourth-order valence-corrected chi connectivity index (χ4v) is 7.63. The second kappa shape index (κ2) is 9.45. The van der Waals surface area contributed by atoms with Crippen molar-refractivity contribution in [1.82, 2.24) is 0 Å². The molecule has 3 rings (SSSR count). The summed E-state index contributed by atoms with van der Waals surface area (Å²) < 4.78 is 0. The Hall–Kier alpha value is -2.03. The first kappa shape index (κ1) is 19.3. The number of aliphatic hydroxyl groups excluding tert-OH is 1. The van der Waals surface area contributed by atoms with Crippen molar-refractivity contribution in [3.8, 4) is 0 Å². The molecule has 130 valence electrons. The minimum Gasteiger partial charge on any atom is -0.358 e. The molecule has 4 heteroatoms. The molecule has 3 nitrogen and oxygen atoms in total. The van der Waals surface area contributed by atoms with Crippen LogP contribution in [-0.2, 0) is 0 Å². The summed E-state index contributed by atoms with van der Waals surface area (Å²) >= 11 is 0. The van der Waals surface area contributed by atoms with E-state index >= 15 is 0 Å². The molecule has 1 unspecified atom stereocenters. The molecule has 0 fully saturated rings. The van der Waals surface area contributed by atoms with Crippen molar-refractivity contribution in [2.24, 2.45) is 0 Å². The van der Waals surface area contributed by atoms with E-state index in [9.17, 15) is 5.11 Å². The Morgan fingerprint density at radius 3 is 1.16 bits per heavy atom. The van der Waals surface area contributed by atoms with E-state index in [4.69, 9.17) is 10.5 Å². The van der Waals surface area contributed by atoms with Crippen LogP contribution in [0.1, 0.15) is 13.3 Å². The van der Waals surface area contributed by atoms with E-state index in [2.05, 4.69) is 79.7 Å². The van der Waals surface area contributed by atoms with Gasteiger partial charge >= 0.3 is 0 Å². The Kier molecular flexibility index (Phi) is 7.30. The molecule has 0 amide bonds. The molecule has 0 aliphatic heterocycles. The van der Waals surface area contributed by atoms with Crippen molar-refractivity contribution in [1.29, 1.82) is 0 Å². The number of benzene rings is 3. The highest BCUT2D eigenvalue weighted by atomic mass is 31.2. The molecular weight excluding hydrogens is 331 g/mol. The van der Waals surface area contributed by atoms with Gasteiger partial charge in [0, 0.05) is 6.42 Å². The number of hydrogen-bond acceptors (Lipinski definition) is 3. The molecule has 0 aromatic heterocycles. The van der Waals surface area contributed by atoms with Gasteiger partial charge in [-0.2, -0.15) is 0 Å². The first-order chi connectivity index (χ1) is 12.3. The molecule has 0 saturated carbocycles. The third-order valence-electron chi connectivity index (χ3n) is 4.30. The second-order valence-electron chi connectivity index (χ2n) is 5.62. The van der Waals surface area contributed by atoms with Crippen LogP contribution in [0.2, 0.25) is 0 Å². The summed E-state index contributed by atoms with van der Waals surface area (Å²) in [6.45, 7) is 2.06. The number of aliphatic hydroxyl groups is 1. The SMILES string of the molecule is CCC(O)[P+](c1ccccc1)(c1ccccc1)c1ccccc1.OO. The van der Waals surface area contributed by atoms with Crippen LogP contribution in [-0.4, -0.2) is 21.5 Å². The van der Waals surface area contributed by atoms with E-state index in [-0.39, 0.29) is 0 Å². The molecule has 25 heavy (non-hydrogen) atoms. The Morgan fingerprint density at radius 2 is 0.920 bits per heavy atom. The Labute approximate surface area is 149 Å². The maximum absolute atomic E-state index is 11.2. The van der Waals surface area contributed by atoms with Crippen LogP contribution in [0.3, 0.4) is 0 Å². The van der Waals surface area contributed by atoms with Crippen LogP contribution in [0.5, 0.6) is 0 Å². The molecule has 3 aromatic rings. The highest BCUT2D eigenvalue weighted by molar-refractivity contribution is 7.96. The fraction of sp³-hybridized carbons (Fsp3) is 0.143. The molecule has 0 heterocycles. The lowest BCUT2D eigenvalue weighted by molar-refractivity contribution is -0.176. The van der Waals surface area contributed by atoms with Gasteiger partial charge in [0.05, 0.1) is 0 Å². The average Bonchev–Trinajstić information content (AvgIpc) is 2.72. The van der Waals surface area contributed by atoms with Crippen LogP contribution >= 0.6 is 7.26 Å². The normalized spacial score (nSPS) is 12.0. The summed E-state index contributed by atoms with van der Waals surface area (Å²) in [6, 6.07) is 31.5. The molecule has 1 atom stereocenters. The summed E-state index contributed by atoms with van der Waals surface area (Å²) in [5, 5.41) is 26.9. The second-order valence-corrected chi connectivity index (χ2v) is 9.21. The molecule has 0 aliphatic carbocycles. The van der Waals surface area contributed by atoms with Gasteiger partial charge in [-0.3, -0.25) is 10.5 Å². The summed E-state index contributed by atoms with van der Waals surface area (Å²) in [5.74, 6) is -0.394. The van der Waals surface area contributed by atoms with E-state index < -0.39 is 13.1 Å². The minimum atomic E-state index is -2.09. The minimum absolute atomic E-state index is 0.394. The highest BCUT2D eigenvalue weighted by Crippen LogP contribution is 2.59. The van der Waals surface area contributed by atoms with Crippen molar-refractivity contribution in [2.45, 2.75) is 19.2 Å². The summed E-state index contributed by atoms with van der Waals surface area (Å²) in [7, 11) is -2.09. The van der Waals surface area contributed by atoms with Gasteiger partial charge in [0.1, 0.15) is 23.2 Å². The highest BCUT2D eigenvalue weighted by Gasteiger charge is 2.51. The third-order valence-corrected chi connectivity index (χ3v) is 8.90. The van der Waals surface area contributed by atoms with E-state index in [1.54, 1.807) is 0 Å². The lowest BCUT2D eigenvalue weighted by Crippen LogP contribution is -2.38. The predicted molar refractivity (Wildman–Crippen MR) is 107 cm³/mol. The van der Waals surface area contributed by atoms with Crippen molar-refractivity contribution < 1.29 is 15.6 Å². The first-order valence-corrected chi connectivity index (χ1v) is 10.1. The number of rotatable bonds is 5. The van der Waals surface area contributed by atoms with Gasteiger partial charge in [0.2, 0.25) is 0 Å². The first-order valence-electron chi connectivity index (χ1n) is 8.23. The van der Waals surface area contributed by atoms with Crippen molar-refractivity contribution in [2.75, 3.05) is 0 Å². The van der Waals surface area contributed by atoms with Crippen molar-refractivity contribution in [3.05, 3.63) is 91.0 Å². The molecule has 0 radical (unpaired) electrons. The van der Waals surface area contributed by atoms with Gasteiger partial charge in [-0.15, -0.1) is 0 Å². The van der Waals surface area contributed by atoms with E-state index in [1.807, 2.05) is 18.2 Å². The molecule has 0 saturated heterocycles. The topological polar surface area (TPSA) is 60.7 Å². The summed E-state index contributed by atoms with van der Waals surface area (Å²) in [4.78, 5) is 0. The van der Waals surface area contributed by atoms with E-state index in [1.165, 1.54) is 15.9 Å². The zero-order valence-electron chi connectivity index (χ0n) is 14.2. The van der Waals surface area contributed by atoms with Gasteiger partial charge < -0.3 is 5.11 Å². The number of hydrogen-bond donors (Lipinski definition) is 3. The van der Waals surface area contributed by atoms with Gasteiger partial charge in [0.25, 0.3) is 0 Å². The Morgan fingerprint density at radius 1 is 0.640 bits per heavy atom. The summed E-state index contributed by atoms with van der Waals surface area (Å²) in [5.41, 5.74) is 0. The molecular formula is C21H24O3P+. The summed E-state index contributed by atoms with van der Waals surface area (Å²) in [6.07, 6.45) is 0.729. The zero-order valence-corrected chi connectivity index (χ0v) is 15.1. The lowest BCUT2D eigenvalue weighted by atomic mass is 10.3. The molecule has 0 bridgehead atoms. The van der Waals surface area contributed by atoms with Crippen LogP contribution in [0, 0.1) is 0 Å². The third kappa shape index (κ3) is 3.81. The van der Waals surface area contributed by atoms with Crippen LogP contribution < -0.4 is 15.9 Å². The fourth-order valence-electron chi connectivity index (χ4n) is 3.23. The van der Waals surface area contributed by atoms with Crippen molar-refractivity contribution in [3.63, 3.8) is 0 Å². The smallest absolute Gasteiger partial charge is 0.178 e. The Balaban J connectivity index is 0.00000109. The maximum Gasteiger partial charge on any atom is 0.178 e. The largest absolute Gasteiger partial charge is 0.358 e. The maximum atomic E-state index is 11.2. The van der Waals surface area contributed by atoms with Crippen LogP contribution in [0.25, 0.3) is 0 Å². The lowest BCUT2D eigenvalue weighted by Gasteiger charge is -2.31. The quantitative estimate of drug-likeness (QED) is 0.371. The average molecular weight is 355 g/mol. The van der Waals surface area contributed by atoms with Gasteiger partial charge in [0.15, 0.2) is 5.85 Å². The zero-order chi connectivity index (χ0) is 18.1. The van der Waals surface area contributed by atoms with E-state index in [0.29, 0.717) is 0 Å². The molecule has 0 spiro atoms. The van der Waals surface area contributed by atoms with Gasteiger partial charge in [-0.05, 0) is 36.4 Å². The van der Waals surface area contributed by atoms with Crippen LogP contribution in [0.15, 0.2) is 91.0 Å². The van der Waals surface area contributed by atoms with E-state index in [0.717, 1.165) is 6.42 Å². The van der Waals surface area contributed by atoms with Gasteiger partial charge in [-0.1, -0.05) is 61.5 Å². The predicted octanol–water partition coefficient (Wildman–Crippen LogP) is 3.73. The molecule has 3 aromatic carbocycles. The van der Waals surface area contributed by atoms with Crippen molar-refractivity contribution >= 4 is 23.2 Å². The monoisotopic (exact) mass is 355 g/mol. The Bertz CT molecular complexity index is 636.